The van der Waals surface area contributed by atoms with Crippen LogP contribution in [-0.2, 0) is 11.8 Å². The lowest BCUT2D eigenvalue weighted by Crippen LogP contribution is -2.32. The third-order valence-corrected chi connectivity index (χ3v) is 4.80. The Morgan fingerprint density at radius 3 is 2.88 bits per heavy atom. The molecule has 1 aromatic carbocycles. The molecule has 24 heavy (non-hydrogen) atoms. The Morgan fingerprint density at radius 2 is 2.21 bits per heavy atom. The van der Waals surface area contributed by atoms with Gasteiger partial charge in [-0.1, -0.05) is 25.0 Å². The Bertz CT molecular complexity index is 689. The summed E-state index contributed by atoms with van der Waals surface area (Å²) in [7, 11) is 3.59. The van der Waals surface area contributed by atoms with E-state index in [4.69, 9.17) is 4.74 Å². The predicted octanol–water partition coefficient (Wildman–Crippen LogP) is 3.21. The molecule has 1 aromatic heterocycles. The van der Waals surface area contributed by atoms with E-state index < -0.39 is 0 Å². The smallest absolute Gasteiger partial charge is 0.221 e. The summed E-state index contributed by atoms with van der Waals surface area (Å²) < 4.78 is 7.27. The summed E-state index contributed by atoms with van der Waals surface area (Å²) in [5, 5.41) is 3.18. The van der Waals surface area contributed by atoms with Crippen LogP contribution in [0, 0.1) is 5.92 Å². The molecule has 1 amide bonds. The first-order valence-electron chi connectivity index (χ1n) is 8.58. The topological polar surface area (TPSA) is 56.1 Å². The number of amides is 1. The van der Waals surface area contributed by atoms with Crippen molar-refractivity contribution in [3.8, 4) is 5.75 Å². The van der Waals surface area contributed by atoms with Crippen molar-refractivity contribution < 1.29 is 9.53 Å². The maximum absolute atomic E-state index is 12.6. The predicted molar refractivity (Wildman–Crippen MR) is 92.8 cm³/mol. The quantitative estimate of drug-likeness (QED) is 0.886. The standard InChI is InChI=1S/C19H25N3O2/c1-22-11-10-20-19(22)18(15-8-5-9-16(13-15)24-2)21-17(23)12-14-6-3-4-7-14/h5,8-11,13-14,18H,3-4,6-7,12H2,1-2H3,(H,21,23). The molecule has 1 saturated carbocycles. The van der Waals surface area contributed by atoms with Gasteiger partial charge in [-0.15, -0.1) is 0 Å². The molecule has 1 N–H and O–H groups in total. The van der Waals surface area contributed by atoms with Crippen molar-refractivity contribution in [2.75, 3.05) is 7.11 Å². The average molecular weight is 327 g/mol. The number of imidazole rings is 1. The van der Waals surface area contributed by atoms with E-state index >= 15 is 0 Å². The molecule has 5 heteroatoms. The van der Waals surface area contributed by atoms with E-state index in [9.17, 15) is 4.79 Å². The number of aromatic nitrogens is 2. The zero-order chi connectivity index (χ0) is 16.9. The Morgan fingerprint density at radius 1 is 1.42 bits per heavy atom. The molecule has 1 aliphatic carbocycles. The van der Waals surface area contributed by atoms with Crippen LogP contribution in [0.4, 0.5) is 0 Å². The molecule has 3 rings (SSSR count). The molecule has 1 aliphatic rings. The zero-order valence-corrected chi connectivity index (χ0v) is 14.4. The molecular formula is C19H25N3O2. The molecule has 0 radical (unpaired) electrons. The van der Waals surface area contributed by atoms with Crippen molar-refractivity contribution in [3.05, 3.63) is 48.0 Å². The fourth-order valence-corrected chi connectivity index (χ4v) is 3.47. The molecule has 1 unspecified atom stereocenters. The van der Waals surface area contributed by atoms with E-state index in [-0.39, 0.29) is 11.9 Å². The second kappa shape index (κ2) is 7.51. The highest BCUT2D eigenvalue weighted by Gasteiger charge is 2.24. The minimum atomic E-state index is -0.269. The lowest BCUT2D eigenvalue weighted by molar-refractivity contribution is -0.122. The minimum Gasteiger partial charge on any atom is -0.497 e. The zero-order valence-electron chi connectivity index (χ0n) is 14.4. The van der Waals surface area contributed by atoms with Gasteiger partial charge < -0.3 is 14.6 Å². The summed E-state index contributed by atoms with van der Waals surface area (Å²) in [6, 6.07) is 7.52. The molecule has 5 nitrogen and oxygen atoms in total. The molecule has 2 aromatic rings. The number of carbonyl (C=O) groups is 1. The second-order valence-corrected chi connectivity index (χ2v) is 6.53. The van der Waals surface area contributed by atoms with Crippen LogP contribution in [0.5, 0.6) is 5.75 Å². The molecular weight excluding hydrogens is 302 g/mol. The number of methoxy groups -OCH3 is 1. The van der Waals surface area contributed by atoms with Crippen LogP contribution >= 0.6 is 0 Å². The van der Waals surface area contributed by atoms with Crippen LogP contribution in [0.25, 0.3) is 0 Å². The Balaban J connectivity index is 1.82. The van der Waals surface area contributed by atoms with E-state index in [1.807, 2.05) is 42.1 Å². The van der Waals surface area contributed by atoms with Gasteiger partial charge in [0.25, 0.3) is 0 Å². The SMILES string of the molecule is COc1cccc(C(NC(=O)CC2CCCC2)c2nccn2C)c1. The van der Waals surface area contributed by atoms with Crippen molar-refractivity contribution in [3.63, 3.8) is 0 Å². The lowest BCUT2D eigenvalue weighted by Gasteiger charge is -2.20. The van der Waals surface area contributed by atoms with Crippen LogP contribution in [-0.4, -0.2) is 22.6 Å². The third kappa shape index (κ3) is 3.78. The van der Waals surface area contributed by atoms with Crippen molar-refractivity contribution in [1.29, 1.82) is 0 Å². The van der Waals surface area contributed by atoms with Gasteiger partial charge in [-0.3, -0.25) is 4.79 Å². The normalized spacial score (nSPS) is 16.1. The molecule has 1 atom stereocenters. The summed E-state index contributed by atoms with van der Waals surface area (Å²) >= 11 is 0. The minimum absolute atomic E-state index is 0.0951. The van der Waals surface area contributed by atoms with Gasteiger partial charge in [0.2, 0.25) is 5.91 Å². The number of rotatable bonds is 6. The monoisotopic (exact) mass is 327 g/mol. The molecule has 0 spiro atoms. The maximum atomic E-state index is 12.6. The van der Waals surface area contributed by atoms with Gasteiger partial charge in [-0.25, -0.2) is 4.98 Å². The van der Waals surface area contributed by atoms with Crippen LogP contribution in [0.1, 0.15) is 49.5 Å². The molecule has 0 aliphatic heterocycles. The Kier molecular flexibility index (Phi) is 5.18. The van der Waals surface area contributed by atoms with Crippen LogP contribution in [0.2, 0.25) is 0 Å². The van der Waals surface area contributed by atoms with Crippen molar-refractivity contribution in [2.24, 2.45) is 13.0 Å². The maximum Gasteiger partial charge on any atom is 0.221 e. The van der Waals surface area contributed by atoms with Gasteiger partial charge in [0.15, 0.2) is 0 Å². The molecule has 1 fully saturated rings. The van der Waals surface area contributed by atoms with Gasteiger partial charge in [0.05, 0.1) is 7.11 Å². The third-order valence-electron chi connectivity index (χ3n) is 4.80. The Hall–Kier alpha value is -2.30. The largest absolute Gasteiger partial charge is 0.497 e. The molecule has 0 saturated heterocycles. The summed E-state index contributed by atoms with van der Waals surface area (Å²) in [5.74, 6) is 2.22. The van der Waals surface area contributed by atoms with Gasteiger partial charge in [0, 0.05) is 25.9 Å². The first-order chi connectivity index (χ1) is 11.7. The van der Waals surface area contributed by atoms with Gasteiger partial charge >= 0.3 is 0 Å². The van der Waals surface area contributed by atoms with Crippen molar-refractivity contribution >= 4 is 5.91 Å². The highest BCUT2D eigenvalue weighted by atomic mass is 16.5. The highest BCUT2D eigenvalue weighted by molar-refractivity contribution is 5.77. The summed E-state index contributed by atoms with van der Waals surface area (Å²) in [5.41, 5.74) is 0.975. The van der Waals surface area contributed by atoms with E-state index in [2.05, 4.69) is 10.3 Å². The summed E-state index contributed by atoms with van der Waals surface area (Å²) in [6.45, 7) is 0. The van der Waals surface area contributed by atoms with Crippen LogP contribution < -0.4 is 10.1 Å². The highest BCUT2D eigenvalue weighted by Crippen LogP contribution is 2.29. The molecule has 0 bridgehead atoms. The van der Waals surface area contributed by atoms with Crippen LogP contribution in [0.15, 0.2) is 36.7 Å². The number of carbonyl (C=O) groups excluding carboxylic acids is 1. The van der Waals surface area contributed by atoms with Crippen molar-refractivity contribution in [2.45, 2.75) is 38.1 Å². The number of benzene rings is 1. The van der Waals surface area contributed by atoms with E-state index in [0.717, 1.165) is 17.1 Å². The number of nitrogens with zero attached hydrogens (tertiary/aromatic N) is 2. The molecule has 128 valence electrons. The summed E-state index contributed by atoms with van der Waals surface area (Å²) in [4.78, 5) is 17.0. The summed E-state index contributed by atoms with van der Waals surface area (Å²) in [6.07, 6.45) is 9.08. The number of aryl methyl sites for hydroxylation is 1. The average Bonchev–Trinajstić information content (AvgIpc) is 3.24. The second-order valence-electron chi connectivity index (χ2n) is 6.53. The lowest BCUT2D eigenvalue weighted by atomic mass is 10.0. The fourth-order valence-electron chi connectivity index (χ4n) is 3.47. The number of ether oxygens (including phenoxy) is 1. The number of nitrogens with one attached hydrogen (secondary N) is 1. The first-order valence-corrected chi connectivity index (χ1v) is 8.58. The van der Waals surface area contributed by atoms with Gasteiger partial charge in [-0.05, 0) is 36.5 Å². The van der Waals surface area contributed by atoms with Crippen LogP contribution in [0.3, 0.4) is 0 Å². The van der Waals surface area contributed by atoms with Crippen molar-refractivity contribution in [1.82, 2.24) is 14.9 Å². The number of hydrogen-bond donors (Lipinski definition) is 1. The fraction of sp³-hybridized carbons (Fsp3) is 0.474. The van der Waals surface area contributed by atoms with E-state index in [0.29, 0.717) is 12.3 Å². The number of hydrogen-bond acceptors (Lipinski definition) is 3. The van der Waals surface area contributed by atoms with Gasteiger partial charge in [-0.2, -0.15) is 0 Å². The molecule has 1 heterocycles. The Labute approximate surface area is 143 Å². The first kappa shape index (κ1) is 16.6. The van der Waals surface area contributed by atoms with E-state index in [1.165, 1.54) is 25.7 Å². The van der Waals surface area contributed by atoms with E-state index in [1.54, 1.807) is 13.3 Å². The van der Waals surface area contributed by atoms with Gasteiger partial charge in [0.1, 0.15) is 17.6 Å².